The molecule has 32 heavy (non-hydrogen) atoms. The third-order valence-corrected chi connectivity index (χ3v) is 5.84. The van der Waals surface area contributed by atoms with Gasteiger partial charge in [0.15, 0.2) is 5.82 Å². The molecule has 5 rings (SSSR count). The zero-order valence-electron chi connectivity index (χ0n) is 18.2. The van der Waals surface area contributed by atoms with Crippen molar-refractivity contribution < 1.29 is 0 Å². The van der Waals surface area contributed by atoms with E-state index in [1.807, 2.05) is 54.7 Å². The third kappa shape index (κ3) is 4.26. The highest BCUT2D eigenvalue weighted by Crippen LogP contribution is 2.29. The van der Waals surface area contributed by atoms with Crippen LogP contribution in [0.25, 0.3) is 0 Å². The molecule has 158 valence electrons. The lowest BCUT2D eigenvalue weighted by Gasteiger charge is -2.31. The SMILES string of the molecule is Cc1ccc2c(c1)CN(c1ncccc1NN=C(c1ccccc1)c1ccccc1)CC2. The first-order valence-corrected chi connectivity index (χ1v) is 11.0. The quantitative estimate of drug-likeness (QED) is 0.328. The van der Waals surface area contributed by atoms with Gasteiger partial charge in [-0.1, -0.05) is 84.4 Å². The van der Waals surface area contributed by atoms with Crippen molar-refractivity contribution in [3.63, 3.8) is 0 Å². The van der Waals surface area contributed by atoms with Gasteiger partial charge in [0, 0.05) is 30.4 Å². The Kier molecular flexibility index (Phi) is 5.67. The minimum atomic E-state index is 0.858. The van der Waals surface area contributed by atoms with Gasteiger partial charge in [-0.15, -0.1) is 0 Å². The Bertz CT molecular complexity index is 1190. The maximum absolute atomic E-state index is 4.85. The number of nitrogens with zero attached hydrogens (tertiary/aromatic N) is 3. The number of pyridine rings is 1. The average Bonchev–Trinajstić information content (AvgIpc) is 2.85. The summed E-state index contributed by atoms with van der Waals surface area (Å²) in [4.78, 5) is 7.05. The van der Waals surface area contributed by atoms with E-state index in [9.17, 15) is 0 Å². The Balaban J connectivity index is 1.47. The first-order valence-electron chi connectivity index (χ1n) is 11.0. The van der Waals surface area contributed by atoms with Crippen LogP contribution in [0.4, 0.5) is 11.5 Å². The summed E-state index contributed by atoms with van der Waals surface area (Å²) in [7, 11) is 0. The molecular weight excluding hydrogens is 392 g/mol. The Labute approximate surface area is 189 Å². The molecule has 0 unspecified atom stereocenters. The Morgan fingerprint density at radius 2 is 1.56 bits per heavy atom. The van der Waals surface area contributed by atoms with Crippen LogP contribution in [0.1, 0.15) is 27.8 Å². The van der Waals surface area contributed by atoms with Gasteiger partial charge in [-0.25, -0.2) is 4.98 Å². The van der Waals surface area contributed by atoms with Crippen LogP contribution in [-0.4, -0.2) is 17.2 Å². The molecule has 0 atom stereocenters. The minimum absolute atomic E-state index is 0.858. The molecule has 1 aliphatic heterocycles. The zero-order valence-corrected chi connectivity index (χ0v) is 18.2. The van der Waals surface area contributed by atoms with Crippen molar-refractivity contribution in [3.8, 4) is 0 Å². The first kappa shape index (κ1) is 20.0. The predicted molar refractivity (Wildman–Crippen MR) is 132 cm³/mol. The van der Waals surface area contributed by atoms with Crippen molar-refractivity contribution >= 4 is 17.2 Å². The smallest absolute Gasteiger partial charge is 0.154 e. The van der Waals surface area contributed by atoms with Gasteiger partial charge < -0.3 is 4.90 Å². The van der Waals surface area contributed by atoms with E-state index in [0.717, 1.165) is 47.9 Å². The summed E-state index contributed by atoms with van der Waals surface area (Å²) >= 11 is 0. The molecule has 0 amide bonds. The van der Waals surface area contributed by atoms with Crippen molar-refractivity contribution in [1.29, 1.82) is 0 Å². The molecule has 1 N–H and O–H groups in total. The van der Waals surface area contributed by atoms with E-state index in [4.69, 9.17) is 10.1 Å². The van der Waals surface area contributed by atoms with Gasteiger partial charge in [-0.2, -0.15) is 5.10 Å². The number of aryl methyl sites for hydroxylation is 1. The average molecular weight is 419 g/mol. The lowest BCUT2D eigenvalue weighted by atomic mass is 9.98. The summed E-state index contributed by atoms with van der Waals surface area (Å²) in [5.41, 5.74) is 11.4. The van der Waals surface area contributed by atoms with Crippen LogP contribution in [0.2, 0.25) is 0 Å². The van der Waals surface area contributed by atoms with Gasteiger partial charge in [-0.05, 0) is 36.6 Å². The highest BCUT2D eigenvalue weighted by Gasteiger charge is 2.20. The van der Waals surface area contributed by atoms with Crippen LogP contribution in [0, 0.1) is 6.92 Å². The molecular formula is C28H26N4. The summed E-state index contributed by atoms with van der Waals surface area (Å²) in [5, 5.41) is 4.85. The van der Waals surface area contributed by atoms with Crippen molar-refractivity contribution in [3.05, 3.63) is 125 Å². The lowest BCUT2D eigenvalue weighted by molar-refractivity contribution is 0.721. The van der Waals surface area contributed by atoms with E-state index in [1.54, 1.807) is 0 Å². The normalized spacial score (nSPS) is 12.7. The maximum atomic E-state index is 4.85. The van der Waals surface area contributed by atoms with E-state index in [0.29, 0.717) is 0 Å². The van der Waals surface area contributed by atoms with Gasteiger partial charge in [0.05, 0.1) is 11.4 Å². The van der Waals surface area contributed by atoms with Crippen molar-refractivity contribution in [1.82, 2.24) is 4.98 Å². The van der Waals surface area contributed by atoms with E-state index in [-0.39, 0.29) is 0 Å². The van der Waals surface area contributed by atoms with Crippen LogP contribution in [0.5, 0.6) is 0 Å². The summed E-state index contributed by atoms with van der Waals surface area (Å²) in [6.45, 7) is 3.95. The Morgan fingerprint density at radius 1 is 0.844 bits per heavy atom. The monoisotopic (exact) mass is 418 g/mol. The van der Waals surface area contributed by atoms with Crippen LogP contribution < -0.4 is 10.3 Å². The molecule has 0 bridgehead atoms. The van der Waals surface area contributed by atoms with E-state index >= 15 is 0 Å². The van der Waals surface area contributed by atoms with Gasteiger partial charge in [-0.3, -0.25) is 5.43 Å². The summed E-state index contributed by atoms with van der Waals surface area (Å²) in [6, 6.07) is 31.3. The second-order valence-electron chi connectivity index (χ2n) is 8.12. The molecule has 4 aromatic rings. The summed E-state index contributed by atoms with van der Waals surface area (Å²) in [5.74, 6) is 0.934. The number of hydrogen-bond acceptors (Lipinski definition) is 4. The van der Waals surface area contributed by atoms with Crippen molar-refractivity contribution in [2.45, 2.75) is 19.9 Å². The van der Waals surface area contributed by atoms with E-state index in [2.05, 4.69) is 59.7 Å². The number of fused-ring (bicyclic) bond motifs is 1. The van der Waals surface area contributed by atoms with Gasteiger partial charge in [0.25, 0.3) is 0 Å². The van der Waals surface area contributed by atoms with Crippen LogP contribution in [-0.2, 0) is 13.0 Å². The lowest BCUT2D eigenvalue weighted by Crippen LogP contribution is -2.31. The topological polar surface area (TPSA) is 40.5 Å². The molecule has 0 spiro atoms. The number of aromatic nitrogens is 1. The van der Waals surface area contributed by atoms with Gasteiger partial charge in [0.2, 0.25) is 0 Å². The molecule has 4 nitrogen and oxygen atoms in total. The Morgan fingerprint density at radius 3 is 2.28 bits per heavy atom. The Hall–Kier alpha value is -3.92. The van der Waals surface area contributed by atoms with Crippen LogP contribution in [0.15, 0.2) is 102 Å². The third-order valence-electron chi connectivity index (χ3n) is 5.84. The highest BCUT2D eigenvalue weighted by atomic mass is 15.3. The molecule has 1 aromatic heterocycles. The standard InChI is InChI=1S/C28H26N4/c1-21-14-15-22-16-18-32(20-25(22)19-21)28-26(13-8-17-29-28)30-31-27(23-9-4-2-5-10-23)24-11-6-3-7-12-24/h2-15,17,19,30H,16,18,20H2,1H3. The molecule has 0 radical (unpaired) electrons. The number of nitrogens with one attached hydrogen (secondary N) is 1. The van der Waals surface area contributed by atoms with E-state index in [1.165, 1.54) is 16.7 Å². The molecule has 0 aliphatic carbocycles. The van der Waals surface area contributed by atoms with E-state index < -0.39 is 0 Å². The second kappa shape index (κ2) is 9.06. The molecule has 0 fully saturated rings. The predicted octanol–water partition coefficient (Wildman–Crippen LogP) is 5.82. The summed E-state index contributed by atoms with van der Waals surface area (Å²) in [6.07, 6.45) is 2.87. The van der Waals surface area contributed by atoms with Crippen molar-refractivity contribution in [2.75, 3.05) is 16.9 Å². The molecule has 3 aromatic carbocycles. The molecule has 0 saturated carbocycles. The second-order valence-corrected chi connectivity index (χ2v) is 8.12. The van der Waals surface area contributed by atoms with Crippen LogP contribution >= 0.6 is 0 Å². The fourth-order valence-corrected chi connectivity index (χ4v) is 4.21. The van der Waals surface area contributed by atoms with Gasteiger partial charge >= 0.3 is 0 Å². The van der Waals surface area contributed by atoms with Crippen LogP contribution in [0.3, 0.4) is 0 Å². The molecule has 1 aliphatic rings. The minimum Gasteiger partial charge on any atom is -0.350 e. The number of rotatable bonds is 5. The molecule has 0 saturated heterocycles. The highest BCUT2D eigenvalue weighted by molar-refractivity contribution is 6.13. The maximum Gasteiger partial charge on any atom is 0.154 e. The summed E-state index contributed by atoms with van der Waals surface area (Å²) < 4.78 is 0. The number of hydrogen-bond donors (Lipinski definition) is 1. The number of benzene rings is 3. The zero-order chi connectivity index (χ0) is 21.8. The first-order chi connectivity index (χ1) is 15.8. The van der Waals surface area contributed by atoms with Gasteiger partial charge in [0.1, 0.15) is 0 Å². The fourth-order valence-electron chi connectivity index (χ4n) is 4.21. The largest absolute Gasteiger partial charge is 0.350 e. The fraction of sp³-hybridized carbons (Fsp3) is 0.143. The van der Waals surface area contributed by atoms with Crippen molar-refractivity contribution in [2.24, 2.45) is 5.10 Å². The number of anilines is 2. The molecule has 2 heterocycles. The molecule has 4 heteroatoms. The number of hydrazone groups is 1.